The van der Waals surface area contributed by atoms with Crippen LogP contribution in [-0.2, 0) is 16.8 Å². The lowest BCUT2D eigenvalue weighted by molar-refractivity contribution is -0.138. The second-order valence-electron chi connectivity index (χ2n) is 5.96. The minimum atomic E-state index is -4.74. The van der Waals surface area contributed by atoms with E-state index in [1.54, 1.807) is 0 Å². The van der Waals surface area contributed by atoms with Crippen LogP contribution in [0.2, 0.25) is 0 Å². The van der Waals surface area contributed by atoms with Gasteiger partial charge in [-0.15, -0.1) is 0 Å². The van der Waals surface area contributed by atoms with Crippen LogP contribution in [0.4, 0.5) is 26.3 Å². The molecule has 1 aliphatic rings. The molecule has 0 aromatic heterocycles. The van der Waals surface area contributed by atoms with Crippen molar-refractivity contribution in [3.05, 3.63) is 70.0 Å². The van der Waals surface area contributed by atoms with Crippen molar-refractivity contribution in [1.29, 1.82) is 0 Å². The van der Waals surface area contributed by atoms with Crippen molar-refractivity contribution in [1.82, 2.24) is 0 Å². The molecule has 138 valence electrons. The fraction of sp³-hybridized carbons (Fsp3) is 0.278. The first kappa shape index (κ1) is 18.3. The van der Waals surface area contributed by atoms with Gasteiger partial charge >= 0.3 is 12.1 Å². The van der Waals surface area contributed by atoms with Gasteiger partial charge in [-0.3, -0.25) is 0 Å². The zero-order valence-corrected chi connectivity index (χ0v) is 13.3. The Balaban J connectivity index is 2.22. The molecule has 0 bridgehead atoms. The number of alkyl halides is 5. The van der Waals surface area contributed by atoms with Gasteiger partial charge in [-0.2, -0.15) is 13.2 Å². The second kappa shape index (κ2) is 6.03. The van der Waals surface area contributed by atoms with Crippen LogP contribution in [0.5, 0.6) is 0 Å². The number of hydrogen-bond donors (Lipinski definition) is 0. The van der Waals surface area contributed by atoms with E-state index in [1.807, 2.05) is 0 Å². The first-order valence-electron chi connectivity index (χ1n) is 7.52. The second-order valence-corrected chi connectivity index (χ2v) is 5.96. The Hall–Kier alpha value is -2.51. The molecule has 0 saturated carbocycles. The lowest BCUT2D eigenvalue weighted by Crippen LogP contribution is -2.13. The van der Waals surface area contributed by atoms with Crippen LogP contribution in [0.3, 0.4) is 0 Å². The molecule has 1 atom stereocenters. The van der Waals surface area contributed by atoms with Gasteiger partial charge in [0.05, 0.1) is 18.2 Å². The van der Waals surface area contributed by atoms with Gasteiger partial charge in [-0.05, 0) is 29.3 Å². The number of carbonyl (C=O) groups excluding carboxylic acids is 1. The van der Waals surface area contributed by atoms with Gasteiger partial charge in [0.25, 0.3) is 5.92 Å². The van der Waals surface area contributed by atoms with Crippen LogP contribution in [0.25, 0.3) is 0 Å². The van der Waals surface area contributed by atoms with Crippen molar-refractivity contribution in [3.8, 4) is 0 Å². The smallest absolute Gasteiger partial charge is 0.416 e. The number of hydrogen-bond acceptors (Lipinski definition) is 2. The SMILES string of the molecule is COC(=O)c1cc2c(cc1F)C(F)(F)CC2c1ccccc1C(F)(F)F. The topological polar surface area (TPSA) is 26.3 Å². The monoisotopic (exact) mass is 374 g/mol. The molecule has 26 heavy (non-hydrogen) atoms. The highest BCUT2D eigenvalue weighted by molar-refractivity contribution is 5.90. The maximum atomic E-state index is 14.3. The number of halogens is 6. The first-order chi connectivity index (χ1) is 12.1. The van der Waals surface area contributed by atoms with Crippen LogP contribution < -0.4 is 0 Å². The van der Waals surface area contributed by atoms with Crippen molar-refractivity contribution >= 4 is 5.97 Å². The number of rotatable bonds is 2. The van der Waals surface area contributed by atoms with Gasteiger partial charge in [-0.1, -0.05) is 18.2 Å². The van der Waals surface area contributed by atoms with Crippen LogP contribution in [-0.4, -0.2) is 13.1 Å². The highest BCUT2D eigenvalue weighted by Gasteiger charge is 2.48. The molecule has 1 aliphatic carbocycles. The molecule has 0 amide bonds. The summed E-state index contributed by atoms with van der Waals surface area (Å²) in [6.45, 7) is 0. The van der Waals surface area contributed by atoms with Gasteiger partial charge in [0.15, 0.2) is 0 Å². The molecule has 2 aromatic carbocycles. The number of esters is 1. The molecule has 8 heteroatoms. The molecule has 2 nitrogen and oxygen atoms in total. The van der Waals surface area contributed by atoms with Crippen LogP contribution >= 0.6 is 0 Å². The fourth-order valence-corrected chi connectivity index (χ4v) is 3.27. The summed E-state index contributed by atoms with van der Waals surface area (Å²) in [6.07, 6.45) is -5.68. The Morgan fingerprint density at radius 1 is 1.15 bits per heavy atom. The van der Waals surface area contributed by atoms with E-state index >= 15 is 0 Å². The normalized spacial score (nSPS) is 18.5. The lowest BCUT2D eigenvalue weighted by atomic mass is 9.88. The zero-order chi connectivity index (χ0) is 19.3. The van der Waals surface area contributed by atoms with E-state index in [0.717, 1.165) is 31.4 Å². The average molecular weight is 374 g/mol. The molecular weight excluding hydrogens is 362 g/mol. The summed E-state index contributed by atoms with van der Waals surface area (Å²) in [5.41, 5.74) is -2.92. The molecule has 0 radical (unpaired) electrons. The van der Waals surface area contributed by atoms with E-state index in [4.69, 9.17) is 0 Å². The number of benzene rings is 2. The third-order valence-corrected chi connectivity index (χ3v) is 4.42. The van der Waals surface area contributed by atoms with Gasteiger partial charge in [-0.25, -0.2) is 18.0 Å². The van der Waals surface area contributed by atoms with E-state index in [9.17, 15) is 31.1 Å². The number of carbonyl (C=O) groups is 1. The Morgan fingerprint density at radius 2 is 1.81 bits per heavy atom. The number of ether oxygens (including phenoxy) is 1. The molecule has 0 saturated heterocycles. The average Bonchev–Trinajstić information content (AvgIpc) is 2.83. The lowest BCUT2D eigenvalue weighted by Gasteiger charge is -2.19. The van der Waals surface area contributed by atoms with E-state index in [-0.39, 0.29) is 11.1 Å². The van der Waals surface area contributed by atoms with E-state index in [0.29, 0.717) is 6.07 Å². The number of fused-ring (bicyclic) bond motifs is 1. The van der Waals surface area contributed by atoms with Crippen molar-refractivity contribution in [3.63, 3.8) is 0 Å². The minimum Gasteiger partial charge on any atom is -0.465 e. The van der Waals surface area contributed by atoms with Crippen LogP contribution in [0.15, 0.2) is 36.4 Å². The standard InChI is InChI=1S/C18H12F6O2/c1-26-16(25)11-6-10-12(8-17(20,21)14(10)7-15(11)19)9-4-2-3-5-13(9)18(22,23)24/h2-7,12H,8H2,1H3. The summed E-state index contributed by atoms with van der Waals surface area (Å²) >= 11 is 0. The quantitative estimate of drug-likeness (QED) is 0.530. The van der Waals surface area contributed by atoms with Gasteiger partial charge in [0, 0.05) is 17.9 Å². The molecule has 3 rings (SSSR count). The summed E-state index contributed by atoms with van der Waals surface area (Å²) < 4.78 is 86.9. The Kier molecular flexibility index (Phi) is 4.24. The molecule has 1 unspecified atom stereocenters. The Labute approximate surface area is 144 Å². The van der Waals surface area contributed by atoms with Gasteiger partial charge < -0.3 is 4.74 Å². The predicted molar refractivity (Wildman–Crippen MR) is 79.5 cm³/mol. The summed E-state index contributed by atoms with van der Waals surface area (Å²) in [5, 5.41) is 0. The fourth-order valence-electron chi connectivity index (χ4n) is 3.27. The molecule has 0 spiro atoms. The largest absolute Gasteiger partial charge is 0.465 e. The molecule has 0 heterocycles. The maximum absolute atomic E-state index is 14.3. The third-order valence-electron chi connectivity index (χ3n) is 4.42. The zero-order valence-electron chi connectivity index (χ0n) is 13.3. The summed E-state index contributed by atoms with van der Waals surface area (Å²) in [7, 11) is 0.986. The molecule has 0 fully saturated rings. The summed E-state index contributed by atoms with van der Waals surface area (Å²) in [5.74, 6) is -7.15. The Morgan fingerprint density at radius 3 is 2.42 bits per heavy atom. The predicted octanol–water partition coefficient (Wildman–Crippen LogP) is 5.26. The highest BCUT2D eigenvalue weighted by Crippen LogP contribution is 2.53. The van der Waals surface area contributed by atoms with Crippen LogP contribution in [0, 0.1) is 5.82 Å². The Bertz CT molecular complexity index is 872. The molecule has 0 aliphatic heterocycles. The van der Waals surface area contributed by atoms with Crippen molar-refractivity contribution < 1.29 is 35.9 Å². The minimum absolute atomic E-state index is 0.214. The summed E-state index contributed by atoms with van der Waals surface area (Å²) in [4.78, 5) is 11.6. The number of methoxy groups -OCH3 is 1. The molecule has 2 aromatic rings. The van der Waals surface area contributed by atoms with E-state index < -0.39 is 52.9 Å². The van der Waals surface area contributed by atoms with Crippen molar-refractivity contribution in [2.45, 2.75) is 24.4 Å². The molecular formula is C18H12F6O2. The van der Waals surface area contributed by atoms with E-state index in [2.05, 4.69) is 4.74 Å². The van der Waals surface area contributed by atoms with Crippen molar-refractivity contribution in [2.24, 2.45) is 0 Å². The highest BCUT2D eigenvalue weighted by atomic mass is 19.4. The van der Waals surface area contributed by atoms with Gasteiger partial charge in [0.2, 0.25) is 0 Å². The van der Waals surface area contributed by atoms with Gasteiger partial charge in [0.1, 0.15) is 5.82 Å². The maximum Gasteiger partial charge on any atom is 0.416 e. The third kappa shape index (κ3) is 2.93. The molecule has 0 N–H and O–H groups in total. The van der Waals surface area contributed by atoms with Crippen molar-refractivity contribution in [2.75, 3.05) is 7.11 Å². The van der Waals surface area contributed by atoms with Crippen LogP contribution in [0.1, 0.15) is 45.0 Å². The first-order valence-corrected chi connectivity index (χ1v) is 7.52. The van der Waals surface area contributed by atoms with E-state index in [1.165, 1.54) is 6.07 Å². The summed E-state index contributed by atoms with van der Waals surface area (Å²) in [6, 6.07) is 5.74.